The molecule has 0 amide bonds. The molecular weight excluding hydrogens is 260 g/mol. The van der Waals surface area contributed by atoms with Crippen molar-refractivity contribution in [2.75, 3.05) is 0 Å². The van der Waals surface area contributed by atoms with Gasteiger partial charge in [-0.15, -0.1) is 5.16 Å². The first-order valence-corrected chi connectivity index (χ1v) is 9.30. The minimum absolute atomic E-state index is 0.262. The zero-order valence-corrected chi connectivity index (χ0v) is 14.0. The Hall–Kier alpha value is -0.570. The Morgan fingerprint density at radius 1 is 1.00 bits per heavy atom. The number of rotatable bonds is 12. The number of nitrogens with one attached hydrogen (secondary N) is 1. The molecule has 1 aliphatic carbocycles. The van der Waals surface area contributed by atoms with Crippen LogP contribution in [0.2, 0.25) is 0 Å². The first kappa shape index (κ1) is 18.5. The van der Waals surface area contributed by atoms with Crippen LogP contribution in [0, 0.1) is 0 Å². The molecule has 0 aromatic heterocycles. The molecule has 0 aromatic carbocycles. The summed E-state index contributed by atoms with van der Waals surface area (Å²) in [7, 11) is 0. The van der Waals surface area contributed by atoms with Crippen LogP contribution in [0.3, 0.4) is 0 Å². The predicted octanol–water partition coefficient (Wildman–Crippen LogP) is 5.27. The highest BCUT2D eigenvalue weighted by molar-refractivity contribution is 5.63. The number of hydrogen-bond acceptors (Lipinski definition) is 3. The van der Waals surface area contributed by atoms with Crippen LogP contribution in [-0.4, -0.2) is 23.5 Å². The highest BCUT2D eigenvalue weighted by Crippen LogP contribution is 2.18. The van der Waals surface area contributed by atoms with Gasteiger partial charge in [-0.25, -0.2) is 0 Å². The zero-order valence-electron chi connectivity index (χ0n) is 14.0. The Kier molecular flexibility index (Phi) is 11.5. The molecule has 1 saturated carbocycles. The number of oxime groups is 1. The lowest BCUT2D eigenvalue weighted by molar-refractivity contribution is 0.312. The lowest BCUT2D eigenvalue weighted by atomic mass is 9.94. The van der Waals surface area contributed by atoms with Gasteiger partial charge in [-0.1, -0.05) is 77.6 Å². The summed E-state index contributed by atoms with van der Waals surface area (Å²) in [5, 5.41) is 15.7. The standard InChI is InChI=1S/C18H36N2O/c1-2-3-4-5-6-7-8-10-15-18(16-19-21)20-17-13-11-9-12-14-17/h16-18,20-21H,2-15H2,1H3/b19-16+/t18-/m0/s1. The Morgan fingerprint density at radius 2 is 1.62 bits per heavy atom. The molecule has 0 radical (unpaired) electrons. The van der Waals surface area contributed by atoms with E-state index in [0.717, 1.165) is 6.42 Å². The van der Waals surface area contributed by atoms with Crippen LogP contribution in [0.15, 0.2) is 5.16 Å². The van der Waals surface area contributed by atoms with E-state index in [1.54, 1.807) is 6.21 Å². The van der Waals surface area contributed by atoms with Crippen molar-refractivity contribution in [1.82, 2.24) is 5.32 Å². The van der Waals surface area contributed by atoms with Crippen molar-refractivity contribution < 1.29 is 5.21 Å². The van der Waals surface area contributed by atoms with E-state index in [2.05, 4.69) is 17.4 Å². The third-order valence-electron chi connectivity index (χ3n) is 4.67. The fourth-order valence-electron chi connectivity index (χ4n) is 3.35. The SMILES string of the molecule is CCCCCCCCCC[C@@H](/C=N/O)NC1CCCCC1. The zero-order chi connectivity index (χ0) is 15.2. The average Bonchev–Trinajstić information content (AvgIpc) is 2.51. The second kappa shape index (κ2) is 13.1. The first-order valence-electron chi connectivity index (χ1n) is 9.30. The van der Waals surface area contributed by atoms with Gasteiger partial charge in [-0.2, -0.15) is 0 Å². The van der Waals surface area contributed by atoms with Gasteiger partial charge in [-0.3, -0.25) is 0 Å². The average molecular weight is 296 g/mol. The molecular formula is C18H36N2O. The molecule has 0 saturated heterocycles. The molecule has 0 unspecified atom stereocenters. The summed E-state index contributed by atoms with van der Waals surface area (Å²) in [6.07, 6.45) is 20.3. The molecule has 124 valence electrons. The molecule has 1 fully saturated rings. The summed E-state index contributed by atoms with van der Waals surface area (Å²) >= 11 is 0. The van der Waals surface area contributed by atoms with Crippen molar-refractivity contribution in [2.24, 2.45) is 5.16 Å². The van der Waals surface area contributed by atoms with Crippen LogP contribution >= 0.6 is 0 Å². The van der Waals surface area contributed by atoms with Gasteiger partial charge in [0.15, 0.2) is 0 Å². The maximum atomic E-state index is 8.82. The number of unbranched alkanes of at least 4 members (excludes halogenated alkanes) is 7. The molecule has 0 heterocycles. The highest BCUT2D eigenvalue weighted by Gasteiger charge is 2.16. The molecule has 0 aromatic rings. The van der Waals surface area contributed by atoms with Crippen molar-refractivity contribution in [3.63, 3.8) is 0 Å². The van der Waals surface area contributed by atoms with Crippen LogP contribution in [-0.2, 0) is 0 Å². The van der Waals surface area contributed by atoms with Crippen LogP contribution in [0.5, 0.6) is 0 Å². The van der Waals surface area contributed by atoms with E-state index >= 15 is 0 Å². The van der Waals surface area contributed by atoms with Crippen LogP contribution in [0.4, 0.5) is 0 Å². The maximum Gasteiger partial charge on any atom is 0.0605 e. The third kappa shape index (κ3) is 9.89. The maximum absolute atomic E-state index is 8.82. The van der Waals surface area contributed by atoms with E-state index < -0.39 is 0 Å². The molecule has 0 bridgehead atoms. The molecule has 2 N–H and O–H groups in total. The second-order valence-electron chi connectivity index (χ2n) is 6.64. The fourth-order valence-corrected chi connectivity index (χ4v) is 3.35. The largest absolute Gasteiger partial charge is 0.411 e. The molecule has 1 rings (SSSR count). The van der Waals surface area contributed by atoms with Gasteiger partial charge in [0.2, 0.25) is 0 Å². The van der Waals surface area contributed by atoms with Crippen LogP contribution in [0.25, 0.3) is 0 Å². The molecule has 21 heavy (non-hydrogen) atoms. The Labute approximate surface area is 131 Å². The van der Waals surface area contributed by atoms with Gasteiger partial charge in [0, 0.05) is 12.1 Å². The molecule has 0 aliphatic heterocycles. The van der Waals surface area contributed by atoms with Gasteiger partial charge >= 0.3 is 0 Å². The minimum Gasteiger partial charge on any atom is -0.411 e. The molecule has 0 spiro atoms. The number of hydrogen-bond donors (Lipinski definition) is 2. The first-order chi connectivity index (χ1) is 10.4. The van der Waals surface area contributed by atoms with E-state index in [4.69, 9.17) is 5.21 Å². The minimum atomic E-state index is 0.262. The van der Waals surface area contributed by atoms with Gasteiger partial charge in [-0.05, 0) is 19.3 Å². The van der Waals surface area contributed by atoms with Gasteiger partial charge < -0.3 is 10.5 Å². The van der Waals surface area contributed by atoms with Crippen molar-refractivity contribution in [3.8, 4) is 0 Å². The molecule has 3 heteroatoms. The van der Waals surface area contributed by atoms with Crippen LogP contribution in [0.1, 0.15) is 96.8 Å². The third-order valence-corrected chi connectivity index (χ3v) is 4.67. The van der Waals surface area contributed by atoms with E-state index in [1.165, 1.54) is 83.5 Å². The quantitative estimate of drug-likeness (QED) is 0.223. The summed E-state index contributed by atoms with van der Waals surface area (Å²) in [5.41, 5.74) is 0. The summed E-state index contributed by atoms with van der Waals surface area (Å²) in [6.45, 7) is 2.27. The summed E-state index contributed by atoms with van der Waals surface area (Å²) < 4.78 is 0. The van der Waals surface area contributed by atoms with Crippen molar-refractivity contribution in [1.29, 1.82) is 0 Å². The molecule has 1 atom stereocenters. The Bertz CT molecular complexity index is 250. The Morgan fingerprint density at radius 3 is 2.24 bits per heavy atom. The fraction of sp³-hybridized carbons (Fsp3) is 0.944. The number of nitrogens with zero attached hydrogens (tertiary/aromatic N) is 1. The molecule has 1 aliphatic rings. The van der Waals surface area contributed by atoms with Crippen LogP contribution < -0.4 is 5.32 Å². The molecule has 3 nitrogen and oxygen atoms in total. The van der Waals surface area contributed by atoms with E-state index in [-0.39, 0.29) is 6.04 Å². The van der Waals surface area contributed by atoms with Crippen molar-refractivity contribution >= 4 is 6.21 Å². The second-order valence-corrected chi connectivity index (χ2v) is 6.64. The van der Waals surface area contributed by atoms with E-state index in [9.17, 15) is 0 Å². The summed E-state index contributed by atoms with van der Waals surface area (Å²) in [6, 6.07) is 0.897. The summed E-state index contributed by atoms with van der Waals surface area (Å²) in [4.78, 5) is 0. The lowest BCUT2D eigenvalue weighted by Crippen LogP contribution is -2.40. The van der Waals surface area contributed by atoms with Crippen molar-refractivity contribution in [3.05, 3.63) is 0 Å². The Balaban J connectivity index is 2.04. The smallest absolute Gasteiger partial charge is 0.0605 e. The van der Waals surface area contributed by atoms with Gasteiger partial charge in [0.05, 0.1) is 6.21 Å². The monoisotopic (exact) mass is 296 g/mol. The van der Waals surface area contributed by atoms with Gasteiger partial charge in [0.1, 0.15) is 0 Å². The van der Waals surface area contributed by atoms with Crippen molar-refractivity contribution in [2.45, 2.75) is 109 Å². The lowest BCUT2D eigenvalue weighted by Gasteiger charge is -2.26. The van der Waals surface area contributed by atoms with Gasteiger partial charge in [0.25, 0.3) is 0 Å². The topological polar surface area (TPSA) is 44.6 Å². The normalized spacial score (nSPS) is 18.3. The summed E-state index contributed by atoms with van der Waals surface area (Å²) in [5.74, 6) is 0. The van der Waals surface area contributed by atoms with E-state index in [1.807, 2.05) is 0 Å². The van der Waals surface area contributed by atoms with E-state index in [0.29, 0.717) is 6.04 Å². The highest BCUT2D eigenvalue weighted by atomic mass is 16.4. The predicted molar refractivity (Wildman–Crippen MR) is 91.3 cm³/mol.